The van der Waals surface area contributed by atoms with Gasteiger partial charge in [0.05, 0.1) is 17.8 Å². The highest BCUT2D eigenvalue weighted by Gasteiger charge is 2.31. The first-order chi connectivity index (χ1) is 9.04. The minimum absolute atomic E-state index is 0.107. The highest BCUT2D eigenvalue weighted by molar-refractivity contribution is 7.71. The number of fused-ring (bicyclic) bond motifs is 1. The first-order valence-electron chi connectivity index (χ1n) is 6.82. The molecule has 3 rings (SSSR count). The fourth-order valence-electron chi connectivity index (χ4n) is 2.97. The lowest BCUT2D eigenvalue weighted by Gasteiger charge is -2.23. The minimum atomic E-state index is -0.107. The predicted molar refractivity (Wildman–Crippen MR) is 76.9 cm³/mol. The van der Waals surface area contributed by atoms with Crippen molar-refractivity contribution in [2.75, 3.05) is 6.61 Å². The zero-order valence-electron chi connectivity index (χ0n) is 11.7. The van der Waals surface area contributed by atoms with Gasteiger partial charge in [-0.2, -0.15) is 5.10 Å². The molecule has 0 amide bonds. The van der Waals surface area contributed by atoms with Gasteiger partial charge in [0.1, 0.15) is 5.52 Å². The number of aryl methyl sites for hydroxylation is 2. The Bertz CT molecular complexity index is 660. The Morgan fingerprint density at radius 3 is 2.95 bits per heavy atom. The van der Waals surface area contributed by atoms with E-state index in [2.05, 4.69) is 28.5 Å². The number of nitrogens with zero attached hydrogens (tertiary/aromatic N) is 3. The van der Waals surface area contributed by atoms with Crippen molar-refractivity contribution in [3.8, 4) is 0 Å². The maximum Gasteiger partial charge on any atom is 0.179 e. The number of nitrogens with one attached hydrogen (secondary N) is 1. The molecule has 0 saturated carbocycles. The Morgan fingerprint density at radius 2 is 2.32 bits per heavy atom. The van der Waals surface area contributed by atoms with Gasteiger partial charge >= 0.3 is 0 Å². The van der Waals surface area contributed by atoms with Crippen molar-refractivity contribution in [1.82, 2.24) is 19.3 Å². The summed E-state index contributed by atoms with van der Waals surface area (Å²) < 4.78 is 10.7. The van der Waals surface area contributed by atoms with Gasteiger partial charge in [0.15, 0.2) is 10.4 Å². The van der Waals surface area contributed by atoms with Crippen LogP contribution in [-0.4, -0.2) is 31.5 Å². The Hall–Kier alpha value is -1.14. The Balaban J connectivity index is 2.10. The summed E-state index contributed by atoms with van der Waals surface area (Å²) in [5.74, 6) is 0. The average Bonchev–Trinajstić information content (AvgIpc) is 3.00. The summed E-state index contributed by atoms with van der Waals surface area (Å²) in [6, 6.07) is 0. The van der Waals surface area contributed by atoms with Crippen LogP contribution in [0.1, 0.15) is 32.4 Å². The largest absolute Gasteiger partial charge is 0.373 e. The van der Waals surface area contributed by atoms with Gasteiger partial charge in [-0.15, -0.1) is 0 Å². The van der Waals surface area contributed by atoms with Crippen LogP contribution in [0.4, 0.5) is 0 Å². The highest BCUT2D eigenvalue weighted by Crippen LogP contribution is 2.29. The van der Waals surface area contributed by atoms with Crippen LogP contribution in [0.2, 0.25) is 0 Å². The summed E-state index contributed by atoms with van der Waals surface area (Å²) >= 11 is 5.47. The average molecular weight is 280 g/mol. The van der Waals surface area contributed by atoms with Gasteiger partial charge in [-0.1, -0.05) is 6.92 Å². The van der Waals surface area contributed by atoms with Gasteiger partial charge < -0.3 is 9.72 Å². The molecular weight excluding hydrogens is 260 g/mol. The Morgan fingerprint density at radius 1 is 1.53 bits per heavy atom. The number of hydrogen-bond acceptors (Lipinski definition) is 3. The van der Waals surface area contributed by atoms with Gasteiger partial charge in [0.2, 0.25) is 0 Å². The van der Waals surface area contributed by atoms with Crippen LogP contribution < -0.4 is 0 Å². The third-order valence-electron chi connectivity index (χ3n) is 3.95. The second kappa shape index (κ2) is 4.45. The number of rotatable bonds is 3. The molecule has 1 N–H and O–H groups in total. The third kappa shape index (κ3) is 2.03. The van der Waals surface area contributed by atoms with Crippen molar-refractivity contribution < 1.29 is 4.74 Å². The maximum absolute atomic E-state index is 5.88. The molecule has 1 unspecified atom stereocenters. The molecule has 0 aromatic carbocycles. The number of aromatic nitrogens is 4. The molecular formula is C13H20N4OS. The second-order valence-electron chi connectivity index (χ2n) is 5.54. The van der Waals surface area contributed by atoms with E-state index in [4.69, 9.17) is 17.0 Å². The van der Waals surface area contributed by atoms with Crippen molar-refractivity contribution in [2.24, 2.45) is 7.05 Å². The van der Waals surface area contributed by atoms with Crippen molar-refractivity contribution in [2.45, 2.75) is 45.3 Å². The summed E-state index contributed by atoms with van der Waals surface area (Å²) in [6.45, 7) is 5.91. The molecule has 2 aromatic heterocycles. The van der Waals surface area contributed by atoms with E-state index in [0.717, 1.165) is 54.0 Å². The number of aromatic amines is 1. The SMILES string of the molecule is CCc1nn(C)c2c1[nH]c(=S)n2CC1(C)CCCO1. The molecule has 104 valence electrons. The van der Waals surface area contributed by atoms with Gasteiger partial charge in [-0.05, 0) is 38.4 Å². The normalized spacial score (nSPS) is 23.5. The zero-order chi connectivity index (χ0) is 13.6. The van der Waals surface area contributed by atoms with E-state index in [9.17, 15) is 0 Å². The topological polar surface area (TPSA) is 47.8 Å². The lowest BCUT2D eigenvalue weighted by atomic mass is 10.0. The van der Waals surface area contributed by atoms with Gasteiger partial charge in [0, 0.05) is 13.7 Å². The van der Waals surface area contributed by atoms with E-state index < -0.39 is 0 Å². The second-order valence-corrected chi connectivity index (χ2v) is 5.93. The summed E-state index contributed by atoms with van der Waals surface area (Å²) in [5.41, 5.74) is 3.10. The van der Waals surface area contributed by atoms with Crippen LogP contribution in [0, 0.1) is 4.77 Å². The van der Waals surface area contributed by atoms with Gasteiger partial charge in [-0.25, -0.2) is 0 Å². The Labute approximate surface area is 117 Å². The molecule has 1 atom stereocenters. The number of hydrogen-bond donors (Lipinski definition) is 1. The minimum Gasteiger partial charge on any atom is -0.373 e. The number of ether oxygens (including phenoxy) is 1. The third-order valence-corrected chi connectivity index (χ3v) is 4.27. The molecule has 1 fully saturated rings. The molecule has 6 heteroatoms. The van der Waals surface area contributed by atoms with Crippen LogP contribution in [0.25, 0.3) is 11.2 Å². The quantitative estimate of drug-likeness (QED) is 0.879. The van der Waals surface area contributed by atoms with Crippen LogP contribution in [0.5, 0.6) is 0 Å². The first kappa shape index (κ1) is 12.9. The number of imidazole rings is 1. The molecule has 0 radical (unpaired) electrons. The van der Waals surface area contributed by atoms with Crippen molar-refractivity contribution in [1.29, 1.82) is 0 Å². The van der Waals surface area contributed by atoms with E-state index in [-0.39, 0.29) is 5.60 Å². The highest BCUT2D eigenvalue weighted by atomic mass is 32.1. The van der Waals surface area contributed by atoms with E-state index in [1.165, 1.54) is 0 Å². The van der Waals surface area contributed by atoms with Crippen LogP contribution >= 0.6 is 12.2 Å². The van der Waals surface area contributed by atoms with E-state index in [1.54, 1.807) is 0 Å². The fraction of sp³-hybridized carbons (Fsp3) is 0.692. The summed E-state index contributed by atoms with van der Waals surface area (Å²) in [7, 11) is 1.97. The first-order valence-corrected chi connectivity index (χ1v) is 7.23. The molecule has 1 aliphatic heterocycles. The van der Waals surface area contributed by atoms with Gasteiger partial charge in [-0.3, -0.25) is 9.25 Å². The monoisotopic (exact) mass is 280 g/mol. The molecule has 0 spiro atoms. The van der Waals surface area contributed by atoms with Crippen LogP contribution in [0.15, 0.2) is 0 Å². The molecule has 19 heavy (non-hydrogen) atoms. The summed E-state index contributed by atoms with van der Waals surface area (Å²) in [4.78, 5) is 3.30. The predicted octanol–water partition coefficient (Wildman–Crippen LogP) is 2.56. The molecule has 2 aromatic rings. The standard InChI is InChI=1S/C13H20N4OS/c1-4-9-10-11(16(3)15-9)17(12(19)14-10)8-13(2)6-5-7-18-13/h4-8H2,1-3H3,(H,14,19). The molecule has 1 aliphatic rings. The van der Waals surface area contributed by atoms with Gasteiger partial charge in [0.25, 0.3) is 0 Å². The smallest absolute Gasteiger partial charge is 0.179 e. The van der Waals surface area contributed by atoms with Crippen LogP contribution in [0.3, 0.4) is 0 Å². The molecule has 0 bridgehead atoms. The lowest BCUT2D eigenvalue weighted by molar-refractivity contribution is 0.00658. The van der Waals surface area contributed by atoms with E-state index in [1.807, 2.05) is 11.7 Å². The maximum atomic E-state index is 5.88. The zero-order valence-corrected chi connectivity index (χ0v) is 12.5. The van der Waals surface area contributed by atoms with Crippen molar-refractivity contribution >= 4 is 23.4 Å². The summed E-state index contributed by atoms with van der Waals surface area (Å²) in [5, 5.41) is 4.54. The van der Waals surface area contributed by atoms with Crippen molar-refractivity contribution in [3.05, 3.63) is 10.5 Å². The van der Waals surface area contributed by atoms with Crippen LogP contribution in [-0.2, 0) is 24.8 Å². The van der Waals surface area contributed by atoms with E-state index in [0.29, 0.717) is 0 Å². The Kier molecular flexibility index (Phi) is 3.02. The fourth-order valence-corrected chi connectivity index (χ4v) is 3.22. The molecule has 3 heterocycles. The number of H-pyrrole nitrogens is 1. The lowest BCUT2D eigenvalue weighted by Crippen LogP contribution is -2.29. The molecule has 1 saturated heterocycles. The van der Waals surface area contributed by atoms with Crippen molar-refractivity contribution in [3.63, 3.8) is 0 Å². The summed E-state index contributed by atoms with van der Waals surface area (Å²) in [6.07, 6.45) is 3.11. The van der Waals surface area contributed by atoms with E-state index >= 15 is 0 Å². The molecule has 5 nitrogen and oxygen atoms in total. The molecule has 0 aliphatic carbocycles.